The van der Waals surface area contributed by atoms with Gasteiger partial charge in [0, 0.05) is 12.6 Å². The highest BCUT2D eigenvalue weighted by Crippen LogP contribution is 2.10. The summed E-state index contributed by atoms with van der Waals surface area (Å²) in [6.45, 7) is 4.15. The van der Waals surface area contributed by atoms with Gasteiger partial charge in [-0.15, -0.1) is 0 Å². The van der Waals surface area contributed by atoms with Crippen LogP contribution in [0.15, 0.2) is 41.2 Å². The second-order valence-corrected chi connectivity index (χ2v) is 7.16. The van der Waals surface area contributed by atoms with E-state index in [-0.39, 0.29) is 17.2 Å². The van der Waals surface area contributed by atoms with Crippen LogP contribution in [0.4, 0.5) is 4.39 Å². The molecule has 3 rings (SSSR count). The van der Waals surface area contributed by atoms with Crippen LogP contribution in [0, 0.1) is 5.82 Å². The third kappa shape index (κ3) is 5.73. The molecule has 1 fully saturated rings. The summed E-state index contributed by atoms with van der Waals surface area (Å²) in [5, 5.41) is 6.97. The number of piperidine rings is 1. The average molecular weight is 386 g/mol. The molecule has 0 bridgehead atoms. The maximum absolute atomic E-state index is 13.1. The average Bonchev–Trinajstić information content (AvgIpc) is 2.72. The second-order valence-electron chi connectivity index (χ2n) is 7.16. The zero-order valence-electron chi connectivity index (χ0n) is 16.1. The normalized spacial score (nSPS) is 14.8. The third-order valence-corrected chi connectivity index (χ3v) is 4.99. The molecule has 1 aromatic heterocycles. The molecule has 0 aliphatic carbocycles. The molecule has 1 amide bonds. The Bertz CT molecular complexity index is 829. The van der Waals surface area contributed by atoms with Crippen LogP contribution in [0.25, 0.3) is 5.69 Å². The first-order valence-electron chi connectivity index (χ1n) is 10.0. The van der Waals surface area contributed by atoms with Crippen molar-refractivity contribution in [3.05, 3.63) is 58.3 Å². The fourth-order valence-electron chi connectivity index (χ4n) is 3.41. The van der Waals surface area contributed by atoms with E-state index in [2.05, 4.69) is 15.3 Å². The van der Waals surface area contributed by atoms with Crippen LogP contribution in [-0.4, -0.2) is 46.8 Å². The maximum atomic E-state index is 13.1. The molecule has 1 saturated heterocycles. The first-order chi connectivity index (χ1) is 13.6. The molecule has 2 heterocycles. The molecule has 7 heteroatoms. The molecule has 6 nitrogen and oxygen atoms in total. The van der Waals surface area contributed by atoms with E-state index in [4.69, 9.17) is 0 Å². The Morgan fingerprint density at radius 3 is 2.50 bits per heavy atom. The highest BCUT2D eigenvalue weighted by molar-refractivity contribution is 5.92. The largest absolute Gasteiger partial charge is 0.351 e. The topological polar surface area (TPSA) is 67.2 Å². The molecule has 1 aliphatic rings. The molecule has 1 aliphatic heterocycles. The number of carbonyl (C=O) groups excluding carboxylic acids is 1. The monoisotopic (exact) mass is 386 g/mol. The van der Waals surface area contributed by atoms with E-state index in [0.717, 1.165) is 30.5 Å². The molecule has 0 spiro atoms. The number of amides is 1. The number of hydrogen-bond donors (Lipinski definition) is 1. The van der Waals surface area contributed by atoms with Crippen LogP contribution in [0.5, 0.6) is 0 Å². The smallest absolute Gasteiger partial charge is 0.271 e. The van der Waals surface area contributed by atoms with Gasteiger partial charge in [-0.2, -0.15) is 9.78 Å². The number of benzene rings is 1. The van der Waals surface area contributed by atoms with Crippen molar-refractivity contribution in [2.24, 2.45) is 0 Å². The number of unbranched alkanes of at least 4 members (excludes halogenated alkanes) is 2. The highest BCUT2D eigenvalue weighted by atomic mass is 19.1. The summed E-state index contributed by atoms with van der Waals surface area (Å²) < 4.78 is 14.2. The molecule has 0 atom stereocenters. The number of nitrogens with one attached hydrogen (secondary N) is 1. The van der Waals surface area contributed by atoms with E-state index >= 15 is 0 Å². The van der Waals surface area contributed by atoms with Crippen molar-refractivity contribution in [1.82, 2.24) is 20.0 Å². The van der Waals surface area contributed by atoms with Crippen LogP contribution in [0.2, 0.25) is 0 Å². The molecule has 0 saturated carbocycles. The van der Waals surface area contributed by atoms with Crippen molar-refractivity contribution in [3.63, 3.8) is 0 Å². The molecule has 0 radical (unpaired) electrons. The molecule has 2 aromatic rings. The molecule has 1 N–H and O–H groups in total. The third-order valence-electron chi connectivity index (χ3n) is 4.99. The van der Waals surface area contributed by atoms with Crippen molar-refractivity contribution >= 4 is 5.91 Å². The van der Waals surface area contributed by atoms with Crippen molar-refractivity contribution in [2.75, 3.05) is 26.2 Å². The number of aromatic nitrogens is 2. The Morgan fingerprint density at radius 2 is 1.75 bits per heavy atom. The Labute approximate surface area is 164 Å². The predicted molar refractivity (Wildman–Crippen MR) is 106 cm³/mol. The van der Waals surface area contributed by atoms with Gasteiger partial charge >= 0.3 is 0 Å². The van der Waals surface area contributed by atoms with Crippen LogP contribution in [-0.2, 0) is 0 Å². The lowest BCUT2D eigenvalue weighted by Gasteiger charge is -2.26. The fraction of sp³-hybridized carbons (Fsp3) is 0.476. The summed E-state index contributed by atoms with van der Waals surface area (Å²) in [6, 6.07) is 8.11. The van der Waals surface area contributed by atoms with Crippen molar-refractivity contribution in [1.29, 1.82) is 0 Å². The van der Waals surface area contributed by atoms with E-state index < -0.39 is 5.82 Å². The van der Waals surface area contributed by atoms with E-state index in [0.29, 0.717) is 12.2 Å². The minimum atomic E-state index is -0.397. The van der Waals surface area contributed by atoms with Gasteiger partial charge in [0.15, 0.2) is 0 Å². The number of halogens is 1. The van der Waals surface area contributed by atoms with Crippen LogP contribution < -0.4 is 10.9 Å². The van der Waals surface area contributed by atoms with Crippen LogP contribution in [0.1, 0.15) is 49.0 Å². The number of likely N-dealkylation sites (tertiary alicyclic amines) is 1. The van der Waals surface area contributed by atoms with Gasteiger partial charge in [0.25, 0.3) is 11.5 Å². The second kappa shape index (κ2) is 10.1. The standard InChI is InChI=1S/C21H27FN4O2/c22-17-7-9-18(10-8-17)26-20(27)12-11-19(24-26)21(28)23-13-3-1-4-14-25-15-5-2-6-16-25/h7-12H,1-6,13-16H2,(H,23,28). The summed E-state index contributed by atoms with van der Waals surface area (Å²) >= 11 is 0. The van der Waals surface area contributed by atoms with Gasteiger partial charge in [-0.05, 0) is 75.6 Å². The van der Waals surface area contributed by atoms with Crippen molar-refractivity contribution in [3.8, 4) is 5.69 Å². The van der Waals surface area contributed by atoms with Gasteiger partial charge in [0.1, 0.15) is 11.5 Å². The van der Waals surface area contributed by atoms with Crippen molar-refractivity contribution < 1.29 is 9.18 Å². The Balaban J connectivity index is 1.46. The first kappa shape index (κ1) is 20.2. The minimum Gasteiger partial charge on any atom is -0.351 e. The Morgan fingerprint density at radius 1 is 1.00 bits per heavy atom. The van der Waals surface area contributed by atoms with Gasteiger partial charge in [-0.1, -0.05) is 12.8 Å². The summed E-state index contributed by atoms with van der Waals surface area (Å²) in [5.41, 5.74) is 0.205. The zero-order valence-corrected chi connectivity index (χ0v) is 16.1. The van der Waals surface area contributed by atoms with E-state index in [9.17, 15) is 14.0 Å². The van der Waals surface area contributed by atoms with E-state index in [1.807, 2.05) is 0 Å². The van der Waals surface area contributed by atoms with Gasteiger partial charge in [0.05, 0.1) is 5.69 Å². The number of rotatable bonds is 8. The fourth-order valence-corrected chi connectivity index (χ4v) is 3.41. The molecular weight excluding hydrogens is 359 g/mol. The SMILES string of the molecule is O=C(NCCCCCN1CCCCC1)c1ccc(=O)n(-c2ccc(F)cc2)n1. The van der Waals surface area contributed by atoms with Gasteiger partial charge in [-0.3, -0.25) is 9.59 Å². The van der Waals surface area contributed by atoms with Crippen LogP contribution in [0.3, 0.4) is 0 Å². The molecule has 0 unspecified atom stereocenters. The summed E-state index contributed by atoms with van der Waals surface area (Å²) in [6.07, 6.45) is 7.09. The highest BCUT2D eigenvalue weighted by Gasteiger charge is 2.11. The van der Waals surface area contributed by atoms with Gasteiger partial charge < -0.3 is 10.2 Å². The number of nitrogens with zero attached hydrogens (tertiary/aromatic N) is 3. The lowest BCUT2D eigenvalue weighted by atomic mass is 10.1. The molecule has 150 valence electrons. The lowest BCUT2D eigenvalue weighted by Crippen LogP contribution is -2.31. The molecule has 1 aromatic carbocycles. The maximum Gasteiger partial charge on any atom is 0.271 e. The summed E-state index contributed by atoms with van der Waals surface area (Å²) in [7, 11) is 0. The summed E-state index contributed by atoms with van der Waals surface area (Å²) in [4.78, 5) is 26.8. The zero-order chi connectivity index (χ0) is 19.8. The van der Waals surface area contributed by atoms with Gasteiger partial charge in [-0.25, -0.2) is 4.39 Å². The summed E-state index contributed by atoms with van der Waals surface area (Å²) in [5.74, 6) is -0.710. The quantitative estimate of drug-likeness (QED) is 0.709. The lowest BCUT2D eigenvalue weighted by molar-refractivity contribution is 0.0946. The first-order valence-corrected chi connectivity index (χ1v) is 10.0. The van der Waals surface area contributed by atoms with E-state index in [1.54, 1.807) is 0 Å². The molecule has 28 heavy (non-hydrogen) atoms. The minimum absolute atomic E-state index is 0.164. The van der Waals surface area contributed by atoms with Crippen LogP contribution >= 0.6 is 0 Å². The van der Waals surface area contributed by atoms with E-state index in [1.165, 1.54) is 68.8 Å². The Hall–Kier alpha value is -2.54. The molecular formula is C21H27FN4O2. The Kier molecular flexibility index (Phi) is 7.31. The number of carbonyl (C=O) groups is 1. The van der Waals surface area contributed by atoms with Gasteiger partial charge in [0.2, 0.25) is 0 Å². The van der Waals surface area contributed by atoms with Crippen molar-refractivity contribution in [2.45, 2.75) is 38.5 Å². The predicted octanol–water partition coefficient (Wildman–Crippen LogP) is 2.76. The number of hydrogen-bond acceptors (Lipinski definition) is 4.